The van der Waals surface area contributed by atoms with E-state index in [0.717, 1.165) is 52.1 Å². The number of ether oxygens (including phenoxy) is 2. The van der Waals surface area contributed by atoms with Crippen LogP contribution in [0.3, 0.4) is 0 Å². The first kappa shape index (κ1) is 16.9. The Hall–Kier alpha value is -1.93. The van der Waals surface area contributed by atoms with Gasteiger partial charge in [-0.15, -0.1) is 0 Å². The number of morpholine rings is 1. The van der Waals surface area contributed by atoms with Crippen LogP contribution in [0.4, 0.5) is 0 Å². The summed E-state index contributed by atoms with van der Waals surface area (Å²) in [6, 6.07) is 0.330. The third-order valence-corrected chi connectivity index (χ3v) is 4.18. The molecule has 1 fully saturated rings. The van der Waals surface area contributed by atoms with Crippen LogP contribution < -0.4 is 10.4 Å². The Morgan fingerprint density at radius 1 is 1.29 bits per heavy atom. The van der Waals surface area contributed by atoms with Crippen molar-refractivity contribution in [2.45, 2.75) is 32.7 Å². The highest BCUT2D eigenvalue weighted by atomic mass is 16.5. The van der Waals surface area contributed by atoms with Gasteiger partial charge in [0.2, 0.25) is 0 Å². The summed E-state index contributed by atoms with van der Waals surface area (Å²) in [4.78, 5) is 25.9. The molecule has 132 valence electrons. The molecule has 3 rings (SSSR count). The lowest BCUT2D eigenvalue weighted by Gasteiger charge is -2.26. The first-order chi connectivity index (χ1) is 11.8. The molecule has 1 saturated heterocycles. The predicted octanol–water partition coefficient (Wildman–Crippen LogP) is 1.02. The van der Waals surface area contributed by atoms with Crippen LogP contribution in [0.1, 0.15) is 26.2 Å². The molecule has 0 unspecified atom stereocenters. The Balaban J connectivity index is 1.65. The lowest BCUT2D eigenvalue weighted by molar-refractivity contribution is 0.0369. The van der Waals surface area contributed by atoms with Gasteiger partial charge in [-0.05, 0) is 12.8 Å². The van der Waals surface area contributed by atoms with Gasteiger partial charge in [0.1, 0.15) is 5.52 Å². The molecule has 0 aliphatic carbocycles. The molecule has 0 spiro atoms. The van der Waals surface area contributed by atoms with Crippen molar-refractivity contribution >= 4 is 11.2 Å². The second-order valence-corrected chi connectivity index (χ2v) is 5.98. The van der Waals surface area contributed by atoms with Gasteiger partial charge in [-0.2, -0.15) is 4.98 Å². The second-order valence-electron chi connectivity index (χ2n) is 5.98. The van der Waals surface area contributed by atoms with E-state index in [1.54, 1.807) is 10.8 Å². The highest BCUT2D eigenvalue weighted by molar-refractivity contribution is 5.69. The van der Waals surface area contributed by atoms with Gasteiger partial charge in [-0.1, -0.05) is 13.3 Å². The molecular formula is C16H25N5O3. The first-order valence-electron chi connectivity index (χ1n) is 8.66. The summed E-state index contributed by atoms with van der Waals surface area (Å²) in [5.74, 6) is 0. The van der Waals surface area contributed by atoms with E-state index >= 15 is 0 Å². The number of nitrogens with zero attached hydrogens (tertiary/aromatic N) is 4. The van der Waals surface area contributed by atoms with Crippen molar-refractivity contribution in [3.63, 3.8) is 0 Å². The zero-order valence-corrected chi connectivity index (χ0v) is 14.2. The molecule has 8 nitrogen and oxygen atoms in total. The highest BCUT2D eigenvalue weighted by Crippen LogP contribution is 2.11. The van der Waals surface area contributed by atoms with Crippen LogP contribution in [0.25, 0.3) is 11.2 Å². The van der Waals surface area contributed by atoms with E-state index in [-0.39, 0.29) is 5.69 Å². The fourth-order valence-corrected chi connectivity index (χ4v) is 2.79. The maximum atomic E-state index is 12.2. The van der Waals surface area contributed by atoms with E-state index in [1.165, 1.54) is 0 Å². The average Bonchev–Trinajstić information content (AvgIpc) is 2.91. The Morgan fingerprint density at radius 2 is 2.12 bits per heavy atom. The fraction of sp³-hybridized carbons (Fsp3) is 0.688. The molecule has 8 heteroatoms. The number of aryl methyl sites for hydroxylation is 1. The van der Waals surface area contributed by atoms with Crippen LogP contribution in [0, 0.1) is 0 Å². The number of unbranched alkanes of at least 4 members (excludes halogenated alkanes) is 1. The molecule has 2 aromatic heterocycles. The number of imidazole rings is 1. The summed E-state index contributed by atoms with van der Waals surface area (Å²) in [7, 11) is 0. The van der Waals surface area contributed by atoms with Gasteiger partial charge >= 0.3 is 11.7 Å². The molecule has 2 aromatic rings. The summed E-state index contributed by atoms with van der Waals surface area (Å²) in [5, 5.41) is 0. The summed E-state index contributed by atoms with van der Waals surface area (Å²) in [6.07, 6.45) is 4.52. The normalized spacial score (nSPS) is 15.9. The predicted molar refractivity (Wildman–Crippen MR) is 90.4 cm³/mol. The topological polar surface area (TPSA) is 85.3 Å². The van der Waals surface area contributed by atoms with Crippen LogP contribution in [0.2, 0.25) is 0 Å². The first-order valence-corrected chi connectivity index (χ1v) is 8.66. The minimum Gasteiger partial charge on any atom is -0.463 e. The van der Waals surface area contributed by atoms with Crippen molar-refractivity contribution in [2.75, 3.05) is 39.5 Å². The number of fused-ring (bicyclic) bond motifs is 1. The van der Waals surface area contributed by atoms with E-state index in [1.807, 2.05) is 0 Å². The van der Waals surface area contributed by atoms with Gasteiger partial charge in [-0.3, -0.25) is 9.47 Å². The van der Waals surface area contributed by atoms with Gasteiger partial charge in [0.05, 0.1) is 26.0 Å². The van der Waals surface area contributed by atoms with Crippen LogP contribution in [-0.4, -0.2) is 63.9 Å². The third-order valence-electron chi connectivity index (χ3n) is 4.18. The number of rotatable bonds is 8. The zero-order chi connectivity index (χ0) is 16.8. The van der Waals surface area contributed by atoms with E-state index in [4.69, 9.17) is 9.47 Å². The van der Waals surface area contributed by atoms with Crippen molar-refractivity contribution < 1.29 is 9.47 Å². The lowest BCUT2D eigenvalue weighted by Crippen LogP contribution is -2.37. The van der Waals surface area contributed by atoms with Crippen LogP contribution in [0.5, 0.6) is 6.01 Å². The van der Waals surface area contributed by atoms with Gasteiger partial charge in [0.15, 0.2) is 5.65 Å². The van der Waals surface area contributed by atoms with E-state index in [2.05, 4.69) is 26.8 Å². The van der Waals surface area contributed by atoms with Crippen molar-refractivity contribution in [2.24, 2.45) is 0 Å². The van der Waals surface area contributed by atoms with E-state index < -0.39 is 0 Å². The number of H-pyrrole nitrogens is 1. The Kier molecular flexibility index (Phi) is 5.81. The maximum Gasteiger partial charge on any atom is 0.327 e. The Labute approximate surface area is 140 Å². The molecule has 0 saturated carbocycles. The SMILES string of the molecule is CCCCOc1ncc2[nH]c(=O)n(CCCN3CCOCC3)c2n1. The van der Waals surface area contributed by atoms with Gasteiger partial charge < -0.3 is 14.5 Å². The number of aromatic nitrogens is 4. The van der Waals surface area contributed by atoms with Crippen molar-refractivity contribution in [3.05, 3.63) is 16.7 Å². The van der Waals surface area contributed by atoms with Crippen molar-refractivity contribution in [3.8, 4) is 6.01 Å². The van der Waals surface area contributed by atoms with Crippen LogP contribution in [-0.2, 0) is 11.3 Å². The fourth-order valence-electron chi connectivity index (χ4n) is 2.79. The van der Waals surface area contributed by atoms with Crippen molar-refractivity contribution in [1.29, 1.82) is 0 Å². The molecule has 24 heavy (non-hydrogen) atoms. The molecule has 0 radical (unpaired) electrons. The zero-order valence-electron chi connectivity index (χ0n) is 14.2. The number of hydrogen-bond donors (Lipinski definition) is 1. The number of nitrogens with one attached hydrogen (secondary N) is 1. The summed E-state index contributed by atoms with van der Waals surface area (Å²) in [6.45, 7) is 7.77. The molecule has 0 aromatic carbocycles. The van der Waals surface area contributed by atoms with Crippen molar-refractivity contribution in [1.82, 2.24) is 24.4 Å². The van der Waals surface area contributed by atoms with Gasteiger partial charge in [0.25, 0.3) is 0 Å². The highest BCUT2D eigenvalue weighted by Gasteiger charge is 2.13. The molecule has 3 heterocycles. The monoisotopic (exact) mass is 335 g/mol. The second kappa shape index (κ2) is 8.25. The molecule has 1 aliphatic heterocycles. The van der Waals surface area contributed by atoms with Gasteiger partial charge in [0, 0.05) is 26.2 Å². The smallest absolute Gasteiger partial charge is 0.327 e. The summed E-state index contributed by atoms with van der Waals surface area (Å²) in [5.41, 5.74) is 1.12. The third kappa shape index (κ3) is 4.12. The minimum atomic E-state index is -0.146. The molecule has 0 atom stereocenters. The quantitative estimate of drug-likeness (QED) is 0.725. The Morgan fingerprint density at radius 3 is 2.92 bits per heavy atom. The van der Waals surface area contributed by atoms with E-state index in [9.17, 15) is 4.79 Å². The molecule has 1 aliphatic rings. The van der Waals surface area contributed by atoms with Crippen LogP contribution in [0.15, 0.2) is 11.0 Å². The standard InChI is InChI=1S/C16H25N5O3/c1-2-3-9-24-15-17-12-13-14(19-15)21(16(22)18-13)6-4-5-20-7-10-23-11-8-20/h12H,2-11H2,1H3,(H,18,22). The average molecular weight is 335 g/mol. The van der Waals surface area contributed by atoms with Gasteiger partial charge in [-0.25, -0.2) is 9.78 Å². The van der Waals surface area contributed by atoms with Crippen LogP contribution >= 0.6 is 0 Å². The molecule has 0 amide bonds. The lowest BCUT2D eigenvalue weighted by atomic mass is 10.3. The molecular weight excluding hydrogens is 310 g/mol. The largest absolute Gasteiger partial charge is 0.463 e. The maximum absolute atomic E-state index is 12.2. The summed E-state index contributed by atoms with van der Waals surface area (Å²) < 4.78 is 12.6. The minimum absolute atomic E-state index is 0.146. The molecule has 1 N–H and O–H groups in total. The number of aromatic amines is 1. The molecule has 0 bridgehead atoms. The summed E-state index contributed by atoms with van der Waals surface area (Å²) >= 11 is 0. The number of hydrogen-bond acceptors (Lipinski definition) is 6. The van der Waals surface area contributed by atoms with E-state index in [0.29, 0.717) is 30.3 Å². The Bertz CT molecular complexity index is 705.